The van der Waals surface area contributed by atoms with Crippen molar-refractivity contribution >= 4 is 11.3 Å². The van der Waals surface area contributed by atoms with Crippen LogP contribution in [0, 0.1) is 4.91 Å². The molecule has 0 aliphatic heterocycles. The summed E-state index contributed by atoms with van der Waals surface area (Å²) in [5.74, 6) is 0. The lowest BCUT2D eigenvalue weighted by atomic mass is 10.2. The fourth-order valence-corrected chi connectivity index (χ4v) is 2.09. The summed E-state index contributed by atoms with van der Waals surface area (Å²) in [5.41, 5.74) is 0.822. The van der Waals surface area contributed by atoms with Crippen LogP contribution < -0.4 is 0 Å². The second-order valence-electron chi connectivity index (χ2n) is 2.95. The van der Waals surface area contributed by atoms with Crippen LogP contribution in [0.3, 0.4) is 0 Å². The molecule has 0 fully saturated rings. The van der Waals surface area contributed by atoms with Crippen LogP contribution in [-0.4, -0.2) is 9.55 Å². The van der Waals surface area contributed by atoms with Crippen molar-refractivity contribution in [3.05, 3.63) is 45.5 Å². The molecule has 5 heteroatoms. The van der Waals surface area contributed by atoms with Crippen molar-refractivity contribution in [3.8, 4) is 0 Å². The summed E-state index contributed by atoms with van der Waals surface area (Å²) in [5, 5.41) is 5.07. The van der Waals surface area contributed by atoms with Gasteiger partial charge in [-0.15, -0.1) is 16.2 Å². The van der Waals surface area contributed by atoms with Crippen molar-refractivity contribution in [2.45, 2.75) is 6.04 Å². The van der Waals surface area contributed by atoms with Gasteiger partial charge in [0, 0.05) is 11.9 Å². The molecule has 0 aliphatic carbocycles. The number of hydrogen-bond donors (Lipinski definition) is 0. The van der Waals surface area contributed by atoms with Crippen LogP contribution in [-0.2, 0) is 7.05 Å². The normalized spacial score (nSPS) is 12.6. The lowest BCUT2D eigenvalue weighted by Crippen LogP contribution is -2.01. The van der Waals surface area contributed by atoms with Gasteiger partial charge in [0.05, 0.1) is 18.2 Å². The average Bonchev–Trinajstić information content (AvgIpc) is 2.80. The van der Waals surface area contributed by atoms with Gasteiger partial charge < -0.3 is 4.57 Å². The SMILES string of the molecule is Cn1cncc1C(N=O)c1cccs1. The Balaban J connectivity index is 2.41. The molecule has 0 saturated carbocycles. The van der Waals surface area contributed by atoms with Crippen LogP contribution in [0.2, 0.25) is 0 Å². The molecule has 1 unspecified atom stereocenters. The lowest BCUT2D eigenvalue weighted by molar-refractivity contribution is 0.753. The van der Waals surface area contributed by atoms with E-state index in [1.807, 2.05) is 29.1 Å². The summed E-state index contributed by atoms with van der Waals surface area (Å²) in [4.78, 5) is 15.7. The molecule has 1 atom stereocenters. The fraction of sp³-hybridized carbons (Fsp3) is 0.222. The van der Waals surface area contributed by atoms with Crippen molar-refractivity contribution in [2.24, 2.45) is 12.2 Å². The first-order chi connectivity index (χ1) is 6.83. The van der Waals surface area contributed by atoms with Gasteiger partial charge in [-0.05, 0) is 11.4 Å². The molecule has 0 bridgehead atoms. The van der Waals surface area contributed by atoms with E-state index >= 15 is 0 Å². The average molecular weight is 207 g/mol. The molecule has 2 rings (SSSR count). The maximum absolute atomic E-state index is 10.8. The van der Waals surface area contributed by atoms with Gasteiger partial charge in [-0.3, -0.25) is 0 Å². The quantitative estimate of drug-likeness (QED) is 0.725. The van der Waals surface area contributed by atoms with Crippen LogP contribution >= 0.6 is 11.3 Å². The summed E-state index contributed by atoms with van der Waals surface area (Å²) < 4.78 is 1.81. The van der Waals surface area contributed by atoms with E-state index in [9.17, 15) is 4.91 Å². The number of thiophene rings is 1. The van der Waals surface area contributed by atoms with E-state index in [1.54, 1.807) is 12.5 Å². The van der Waals surface area contributed by atoms with E-state index in [1.165, 1.54) is 11.3 Å². The van der Waals surface area contributed by atoms with Crippen LogP contribution in [0.15, 0.2) is 35.2 Å². The highest BCUT2D eigenvalue weighted by atomic mass is 32.1. The Morgan fingerprint density at radius 1 is 1.64 bits per heavy atom. The Kier molecular flexibility index (Phi) is 2.41. The van der Waals surface area contributed by atoms with Crippen molar-refractivity contribution in [1.29, 1.82) is 0 Å². The van der Waals surface area contributed by atoms with E-state index in [-0.39, 0.29) is 0 Å². The van der Waals surface area contributed by atoms with Gasteiger partial charge in [-0.1, -0.05) is 11.2 Å². The number of aromatic nitrogens is 2. The fourth-order valence-electron chi connectivity index (χ4n) is 1.33. The van der Waals surface area contributed by atoms with Crippen molar-refractivity contribution in [2.75, 3.05) is 0 Å². The van der Waals surface area contributed by atoms with Crippen LogP contribution in [0.5, 0.6) is 0 Å². The zero-order valence-corrected chi connectivity index (χ0v) is 8.44. The predicted molar refractivity (Wildman–Crippen MR) is 55.2 cm³/mol. The third-order valence-corrected chi connectivity index (χ3v) is 2.98. The van der Waals surface area contributed by atoms with Gasteiger partial charge in [0.1, 0.15) is 0 Å². The Hall–Kier alpha value is -1.49. The molecule has 2 aromatic heterocycles. The monoisotopic (exact) mass is 207 g/mol. The smallest absolute Gasteiger partial charge is 0.167 e. The van der Waals surface area contributed by atoms with Gasteiger partial charge in [-0.2, -0.15) is 0 Å². The van der Waals surface area contributed by atoms with E-state index in [2.05, 4.69) is 10.2 Å². The Labute approximate surface area is 85.2 Å². The zero-order valence-electron chi connectivity index (χ0n) is 7.62. The third-order valence-electron chi connectivity index (χ3n) is 2.05. The molecule has 72 valence electrons. The highest BCUT2D eigenvalue weighted by molar-refractivity contribution is 7.10. The number of rotatable bonds is 3. The molecule has 0 radical (unpaired) electrons. The first-order valence-electron chi connectivity index (χ1n) is 4.15. The van der Waals surface area contributed by atoms with Crippen LogP contribution in [0.4, 0.5) is 0 Å². The van der Waals surface area contributed by atoms with Crippen molar-refractivity contribution in [1.82, 2.24) is 9.55 Å². The summed E-state index contributed by atoms with van der Waals surface area (Å²) in [6.45, 7) is 0. The molecule has 0 N–H and O–H groups in total. The molecule has 2 heterocycles. The lowest BCUT2D eigenvalue weighted by Gasteiger charge is -2.06. The predicted octanol–water partition coefficient (Wildman–Crippen LogP) is 2.34. The minimum atomic E-state index is -0.428. The molecule has 0 saturated heterocycles. The molecular formula is C9H9N3OS. The second kappa shape index (κ2) is 3.71. The van der Waals surface area contributed by atoms with Gasteiger partial charge in [0.2, 0.25) is 0 Å². The molecule has 0 aliphatic rings. The van der Waals surface area contributed by atoms with Gasteiger partial charge in [-0.25, -0.2) is 4.98 Å². The topological polar surface area (TPSA) is 47.2 Å². The first-order valence-corrected chi connectivity index (χ1v) is 5.03. The summed E-state index contributed by atoms with van der Waals surface area (Å²) in [6, 6.07) is 3.39. The maximum atomic E-state index is 10.8. The molecule has 0 amide bonds. The summed E-state index contributed by atoms with van der Waals surface area (Å²) in [7, 11) is 1.86. The van der Waals surface area contributed by atoms with Crippen LogP contribution in [0.25, 0.3) is 0 Å². The number of hydrogen-bond acceptors (Lipinski definition) is 4. The highest BCUT2D eigenvalue weighted by Gasteiger charge is 2.18. The minimum absolute atomic E-state index is 0.428. The van der Waals surface area contributed by atoms with Crippen molar-refractivity contribution in [3.63, 3.8) is 0 Å². The molecular weight excluding hydrogens is 198 g/mol. The number of nitroso groups, excluding NO2 is 1. The second-order valence-corrected chi connectivity index (χ2v) is 3.93. The highest BCUT2D eigenvalue weighted by Crippen LogP contribution is 2.28. The Morgan fingerprint density at radius 3 is 3.00 bits per heavy atom. The largest absolute Gasteiger partial charge is 0.335 e. The Bertz CT molecular complexity index is 421. The van der Waals surface area contributed by atoms with Gasteiger partial charge in [0.15, 0.2) is 6.04 Å². The standard InChI is InChI=1S/C9H9N3OS/c1-12-6-10-5-7(12)9(11-13)8-3-2-4-14-8/h2-6,9H,1H3. The summed E-state index contributed by atoms with van der Waals surface area (Å²) in [6.07, 6.45) is 3.34. The van der Waals surface area contributed by atoms with E-state index < -0.39 is 6.04 Å². The maximum Gasteiger partial charge on any atom is 0.167 e. The number of imidazole rings is 1. The van der Waals surface area contributed by atoms with E-state index in [4.69, 9.17) is 0 Å². The molecule has 2 aromatic rings. The molecule has 4 nitrogen and oxygen atoms in total. The Morgan fingerprint density at radius 2 is 2.50 bits per heavy atom. The molecule has 14 heavy (non-hydrogen) atoms. The van der Waals surface area contributed by atoms with E-state index in [0.29, 0.717) is 0 Å². The van der Waals surface area contributed by atoms with Crippen LogP contribution in [0.1, 0.15) is 16.6 Å². The zero-order chi connectivity index (χ0) is 9.97. The molecule has 0 spiro atoms. The number of aryl methyl sites for hydroxylation is 1. The minimum Gasteiger partial charge on any atom is -0.335 e. The van der Waals surface area contributed by atoms with Gasteiger partial charge in [0.25, 0.3) is 0 Å². The molecule has 0 aromatic carbocycles. The van der Waals surface area contributed by atoms with E-state index in [0.717, 1.165) is 10.6 Å². The summed E-state index contributed by atoms with van der Waals surface area (Å²) >= 11 is 1.53. The first kappa shape index (κ1) is 9.08. The number of nitrogens with zero attached hydrogens (tertiary/aromatic N) is 3. The third kappa shape index (κ3) is 1.46. The van der Waals surface area contributed by atoms with Gasteiger partial charge >= 0.3 is 0 Å². The van der Waals surface area contributed by atoms with Crippen molar-refractivity contribution < 1.29 is 0 Å².